The second kappa shape index (κ2) is 6.62. The maximum absolute atomic E-state index is 9.10. The number of nitrogens with one attached hydrogen (secondary N) is 1. The van der Waals surface area contributed by atoms with Crippen molar-refractivity contribution in [1.29, 1.82) is 0 Å². The predicted molar refractivity (Wildman–Crippen MR) is 68.0 cm³/mol. The van der Waals surface area contributed by atoms with Crippen LogP contribution in [0.3, 0.4) is 0 Å². The molecule has 0 unspecified atom stereocenters. The molecular weight excluding hydrogens is 276 g/mol. The number of hydrogen-bond acceptors (Lipinski definition) is 5. The van der Waals surface area contributed by atoms with E-state index in [-0.39, 0.29) is 0 Å². The lowest BCUT2D eigenvalue weighted by atomic mass is 10.2. The predicted octanol–water partition coefficient (Wildman–Crippen LogP) is 2.02. The van der Waals surface area contributed by atoms with E-state index in [1.54, 1.807) is 6.20 Å². The van der Waals surface area contributed by atoms with Crippen molar-refractivity contribution in [2.45, 2.75) is 0 Å². The first kappa shape index (κ1) is 14.0. The van der Waals surface area contributed by atoms with Gasteiger partial charge in [0.15, 0.2) is 3.95 Å². The first-order valence-electron chi connectivity index (χ1n) is 4.55. The van der Waals surface area contributed by atoms with Gasteiger partial charge in [0.2, 0.25) is 0 Å². The molecule has 0 aliphatic heterocycles. The van der Waals surface area contributed by atoms with Gasteiger partial charge in [-0.25, -0.2) is 9.59 Å². The summed E-state index contributed by atoms with van der Waals surface area (Å²) in [6.07, 6.45) is 3.57. The average Bonchev–Trinajstić information content (AvgIpc) is 2.78. The van der Waals surface area contributed by atoms with Crippen LogP contribution in [0.2, 0.25) is 0 Å². The summed E-state index contributed by atoms with van der Waals surface area (Å²) in [6, 6.07) is 3.91. The Kier molecular flexibility index (Phi) is 5.15. The van der Waals surface area contributed by atoms with Crippen molar-refractivity contribution < 1.29 is 19.8 Å². The summed E-state index contributed by atoms with van der Waals surface area (Å²) in [5.41, 5.74) is 2.11. The number of rotatable bonds is 1. The van der Waals surface area contributed by atoms with E-state index in [0.717, 1.165) is 15.2 Å². The van der Waals surface area contributed by atoms with Crippen LogP contribution in [0.15, 0.2) is 29.9 Å². The molecule has 18 heavy (non-hydrogen) atoms. The van der Waals surface area contributed by atoms with Crippen molar-refractivity contribution in [3.8, 4) is 11.3 Å². The van der Waals surface area contributed by atoms with Gasteiger partial charge in [0, 0.05) is 23.3 Å². The van der Waals surface area contributed by atoms with Crippen molar-refractivity contribution in [2.75, 3.05) is 0 Å². The second-order valence-corrected chi connectivity index (χ2v) is 4.46. The molecule has 0 saturated heterocycles. The van der Waals surface area contributed by atoms with Gasteiger partial charge in [0.05, 0.1) is 5.69 Å². The topological polar surface area (TPSA) is 103 Å². The van der Waals surface area contributed by atoms with E-state index >= 15 is 0 Å². The highest BCUT2D eigenvalue weighted by Gasteiger charge is 2.04. The van der Waals surface area contributed by atoms with Gasteiger partial charge < -0.3 is 15.2 Å². The summed E-state index contributed by atoms with van der Waals surface area (Å²) in [5.74, 6) is -3.65. The first-order valence-corrected chi connectivity index (χ1v) is 5.84. The zero-order valence-corrected chi connectivity index (χ0v) is 10.5. The highest BCUT2D eigenvalue weighted by atomic mass is 32.1. The van der Waals surface area contributed by atoms with Crippen LogP contribution in [0.5, 0.6) is 0 Å². The molecule has 0 aliphatic carbocycles. The highest BCUT2D eigenvalue weighted by molar-refractivity contribution is 7.73. The molecule has 2 rings (SSSR count). The largest absolute Gasteiger partial charge is 0.473 e. The number of aliphatic carboxylic acids is 2. The number of carboxylic acid groups (broad SMARTS) is 2. The number of aromatic nitrogens is 2. The lowest BCUT2D eigenvalue weighted by molar-refractivity contribution is -0.159. The van der Waals surface area contributed by atoms with Crippen molar-refractivity contribution in [3.05, 3.63) is 33.9 Å². The fourth-order valence-corrected chi connectivity index (χ4v) is 1.79. The van der Waals surface area contributed by atoms with Crippen LogP contribution in [0, 0.1) is 3.95 Å². The fraction of sp³-hybridized carbons (Fsp3) is 0. The SMILES string of the molecule is O=C(O)C(=O)O.S=c1[nH]c(-c2cccnc2)cs1. The van der Waals surface area contributed by atoms with Gasteiger partial charge in [-0.2, -0.15) is 0 Å². The van der Waals surface area contributed by atoms with E-state index in [0.29, 0.717) is 0 Å². The van der Waals surface area contributed by atoms with Crippen LogP contribution in [-0.2, 0) is 9.59 Å². The first-order chi connectivity index (χ1) is 8.50. The zero-order valence-electron chi connectivity index (χ0n) is 8.86. The van der Waals surface area contributed by atoms with E-state index in [2.05, 4.69) is 9.97 Å². The summed E-state index contributed by atoms with van der Waals surface area (Å²) in [4.78, 5) is 25.3. The molecule has 0 aliphatic rings. The normalized spacial score (nSPS) is 9.11. The van der Waals surface area contributed by atoms with Crippen molar-refractivity contribution in [2.24, 2.45) is 0 Å². The number of carboxylic acids is 2. The Hall–Kier alpha value is -2.06. The summed E-state index contributed by atoms with van der Waals surface area (Å²) in [5, 5.41) is 16.8. The molecule has 0 amide bonds. The molecule has 0 spiro atoms. The summed E-state index contributed by atoms with van der Waals surface area (Å²) in [6.45, 7) is 0. The van der Waals surface area contributed by atoms with Gasteiger partial charge in [-0.3, -0.25) is 4.98 Å². The minimum atomic E-state index is -1.82. The third kappa shape index (κ3) is 4.44. The number of thiazole rings is 1. The Morgan fingerprint density at radius 1 is 1.33 bits per heavy atom. The summed E-state index contributed by atoms with van der Waals surface area (Å²) < 4.78 is 0.800. The fourth-order valence-electron chi connectivity index (χ4n) is 0.944. The zero-order chi connectivity index (χ0) is 13.5. The Morgan fingerprint density at radius 3 is 2.39 bits per heavy atom. The number of pyridine rings is 1. The summed E-state index contributed by atoms with van der Waals surface area (Å²) in [7, 11) is 0. The van der Waals surface area contributed by atoms with Crippen molar-refractivity contribution in [3.63, 3.8) is 0 Å². The maximum Gasteiger partial charge on any atom is 0.414 e. The van der Waals surface area contributed by atoms with E-state index in [1.807, 2.05) is 23.7 Å². The smallest absolute Gasteiger partial charge is 0.414 e. The van der Waals surface area contributed by atoms with Gasteiger partial charge in [0.1, 0.15) is 0 Å². The molecule has 0 bridgehead atoms. The number of H-pyrrole nitrogens is 1. The summed E-state index contributed by atoms with van der Waals surface area (Å²) >= 11 is 6.51. The van der Waals surface area contributed by atoms with E-state index in [1.165, 1.54) is 11.3 Å². The molecule has 2 aromatic heterocycles. The Labute approximate surface area is 111 Å². The highest BCUT2D eigenvalue weighted by Crippen LogP contribution is 2.17. The minimum Gasteiger partial charge on any atom is -0.473 e. The molecule has 2 aromatic rings. The quantitative estimate of drug-likeness (QED) is 0.547. The molecule has 0 saturated carbocycles. The monoisotopic (exact) mass is 284 g/mol. The van der Waals surface area contributed by atoms with Crippen molar-refractivity contribution in [1.82, 2.24) is 9.97 Å². The molecule has 2 heterocycles. The molecule has 0 radical (unpaired) electrons. The average molecular weight is 284 g/mol. The minimum absolute atomic E-state index is 0.800. The molecule has 3 N–H and O–H groups in total. The van der Waals surface area contributed by atoms with Gasteiger partial charge in [-0.05, 0) is 24.4 Å². The maximum atomic E-state index is 9.10. The van der Waals surface area contributed by atoms with Crippen LogP contribution < -0.4 is 0 Å². The number of hydrogen-bond donors (Lipinski definition) is 3. The molecule has 6 nitrogen and oxygen atoms in total. The van der Waals surface area contributed by atoms with Crippen LogP contribution >= 0.6 is 23.6 Å². The number of aromatic amines is 1. The van der Waals surface area contributed by atoms with Gasteiger partial charge in [-0.15, -0.1) is 11.3 Å². The molecule has 0 atom stereocenters. The van der Waals surface area contributed by atoms with E-state index in [9.17, 15) is 0 Å². The number of nitrogens with zero attached hydrogens (tertiary/aromatic N) is 1. The van der Waals surface area contributed by atoms with Gasteiger partial charge in [-0.1, -0.05) is 0 Å². The van der Waals surface area contributed by atoms with Crippen LogP contribution in [0.1, 0.15) is 0 Å². The Balaban J connectivity index is 0.000000232. The lowest BCUT2D eigenvalue weighted by Crippen LogP contribution is -2.09. The van der Waals surface area contributed by atoms with Crippen LogP contribution in [-0.4, -0.2) is 32.1 Å². The third-order valence-electron chi connectivity index (χ3n) is 1.68. The van der Waals surface area contributed by atoms with E-state index < -0.39 is 11.9 Å². The van der Waals surface area contributed by atoms with E-state index in [4.69, 9.17) is 32.0 Å². The molecular formula is C10H8N2O4S2. The lowest BCUT2D eigenvalue weighted by Gasteiger charge is -1.92. The van der Waals surface area contributed by atoms with Gasteiger partial charge >= 0.3 is 11.9 Å². The number of carbonyl (C=O) groups is 2. The van der Waals surface area contributed by atoms with Crippen molar-refractivity contribution >= 4 is 35.5 Å². The second-order valence-electron chi connectivity index (χ2n) is 2.91. The van der Waals surface area contributed by atoms with Crippen LogP contribution in [0.25, 0.3) is 11.3 Å². The third-order valence-corrected chi connectivity index (χ3v) is 2.74. The standard InChI is InChI=1S/C8H6N2S2.C2H2O4/c11-8-10-7(5-12-8)6-2-1-3-9-4-6;3-1(4)2(5)6/h1-5H,(H,10,11);(H,3,4)(H,5,6). The van der Waals surface area contributed by atoms with Crippen LogP contribution in [0.4, 0.5) is 0 Å². The Bertz CT molecular complexity index is 579. The molecule has 0 fully saturated rings. The molecule has 0 aromatic carbocycles. The molecule has 94 valence electrons. The van der Waals surface area contributed by atoms with Gasteiger partial charge in [0.25, 0.3) is 0 Å². The Morgan fingerprint density at radius 2 is 2.00 bits per heavy atom. The molecule has 8 heteroatoms.